The molecule has 2 aromatic rings. The Labute approximate surface area is 172 Å². The molecule has 1 heterocycles. The number of carbonyl (C=O) groups is 1. The first kappa shape index (κ1) is 20.6. The van der Waals surface area contributed by atoms with Gasteiger partial charge in [-0.3, -0.25) is 4.79 Å². The third kappa shape index (κ3) is 5.02. The van der Waals surface area contributed by atoms with E-state index in [0.29, 0.717) is 23.1 Å². The normalized spacial score (nSPS) is 18.6. The summed E-state index contributed by atoms with van der Waals surface area (Å²) in [5, 5.41) is 15.6. The van der Waals surface area contributed by atoms with Gasteiger partial charge in [-0.2, -0.15) is 10.2 Å². The van der Waals surface area contributed by atoms with Crippen LogP contribution >= 0.6 is 0 Å². The number of aromatic nitrogens is 2. The van der Waals surface area contributed by atoms with E-state index in [9.17, 15) is 4.79 Å². The minimum absolute atomic E-state index is 0.119. The van der Waals surface area contributed by atoms with Crippen LogP contribution in [-0.4, -0.2) is 42.1 Å². The number of rotatable bonds is 5. The number of aryl methyl sites for hydroxylation is 1. The Morgan fingerprint density at radius 2 is 1.83 bits per heavy atom. The second-order valence-electron chi connectivity index (χ2n) is 7.83. The average molecular weight is 393 g/mol. The van der Waals surface area contributed by atoms with E-state index < -0.39 is 0 Å². The first-order chi connectivity index (χ1) is 13.9. The molecule has 0 bridgehead atoms. The van der Waals surface area contributed by atoms with Crippen molar-refractivity contribution in [2.75, 3.05) is 24.3 Å². The lowest BCUT2D eigenvalue weighted by Crippen LogP contribution is -2.40. The topological polar surface area (TPSA) is 93.9 Å². The second kappa shape index (κ2) is 8.91. The van der Waals surface area contributed by atoms with E-state index in [4.69, 9.17) is 5.26 Å². The monoisotopic (exact) mass is 392 g/mol. The molecule has 1 aromatic heterocycles. The molecule has 0 atom stereocenters. The van der Waals surface area contributed by atoms with E-state index in [1.807, 2.05) is 32.8 Å². The molecule has 3 rings (SSSR count). The number of hydrogen-bond acceptors (Lipinski definition) is 6. The van der Waals surface area contributed by atoms with Crippen LogP contribution in [0.2, 0.25) is 0 Å². The number of nitrogens with one attached hydrogen (secondary N) is 2. The van der Waals surface area contributed by atoms with Crippen LogP contribution in [0.25, 0.3) is 0 Å². The molecule has 0 unspecified atom stereocenters. The van der Waals surface area contributed by atoms with Crippen molar-refractivity contribution in [3.8, 4) is 6.07 Å². The summed E-state index contributed by atoms with van der Waals surface area (Å²) < 4.78 is 0. The highest BCUT2D eigenvalue weighted by Gasteiger charge is 2.24. The summed E-state index contributed by atoms with van der Waals surface area (Å²) in [5.41, 5.74) is 3.10. The number of anilines is 2. The Kier molecular flexibility index (Phi) is 6.32. The summed E-state index contributed by atoms with van der Waals surface area (Å²) in [5.74, 6) is 1.48. The summed E-state index contributed by atoms with van der Waals surface area (Å²) in [6.45, 7) is 4.04. The highest BCUT2D eigenvalue weighted by atomic mass is 16.1. The van der Waals surface area contributed by atoms with Crippen molar-refractivity contribution in [1.29, 1.82) is 5.26 Å². The first-order valence-electron chi connectivity index (χ1n) is 9.97. The molecule has 7 heteroatoms. The zero-order chi connectivity index (χ0) is 21.0. The molecule has 0 saturated heterocycles. The van der Waals surface area contributed by atoms with Gasteiger partial charge in [0.05, 0.1) is 11.6 Å². The molecule has 0 radical (unpaired) electrons. The van der Waals surface area contributed by atoms with Crippen molar-refractivity contribution < 1.29 is 4.79 Å². The Morgan fingerprint density at radius 3 is 2.48 bits per heavy atom. The van der Waals surface area contributed by atoms with Gasteiger partial charge in [0, 0.05) is 43.0 Å². The van der Waals surface area contributed by atoms with Crippen molar-refractivity contribution in [2.45, 2.75) is 51.6 Å². The van der Waals surface area contributed by atoms with Gasteiger partial charge in [0.25, 0.3) is 5.91 Å². The standard InChI is InChI=1S/C22H28N6O/c1-14-15(2)24-22(27-20(14)28(3)4)26-19-10-8-18(9-11-19)25-21(29)17-7-5-6-16(12-17)13-23/h5-7,12,18-19H,8-11H2,1-4H3,(H,25,29)(H,24,26,27)/t18-,19+. The molecule has 1 aliphatic carbocycles. The molecule has 152 valence electrons. The summed E-state index contributed by atoms with van der Waals surface area (Å²) in [4.78, 5) is 23.7. The quantitative estimate of drug-likeness (QED) is 0.812. The fourth-order valence-corrected chi connectivity index (χ4v) is 3.68. The molecule has 1 aliphatic rings. The smallest absolute Gasteiger partial charge is 0.251 e. The molecule has 1 amide bonds. The van der Waals surface area contributed by atoms with Crippen LogP contribution in [-0.2, 0) is 0 Å². The largest absolute Gasteiger partial charge is 0.362 e. The van der Waals surface area contributed by atoms with Gasteiger partial charge < -0.3 is 15.5 Å². The van der Waals surface area contributed by atoms with E-state index in [1.165, 1.54) is 0 Å². The van der Waals surface area contributed by atoms with Crippen molar-refractivity contribution in [3.63, 3.8) is 0 Å². The Balaban J connectivity index is 1.56. The SMILES string of the molecule is Cc1nc(N[C@H]2CC[C@@H](NC(=O)c3cccc(C#N)c3)CC2)nc(N(C)C)c1C. The van der Waals surface area contributed by atoms with Gasteiger partial charge in [-0.15, -0.1) is 0 Å². The van der Waals surface area contributed by atoms with Gasteiger partial charge in [-0.25, -0.2) is 4.98 Å². The van der Waals surface area contributed by atoms with Gasteiger partial charge in [0.1, 0.15) is 5.82 Å². The zero-order valence-electron chi connectivity index (χ0n) is 17.5. The number of nitriles is 1. The van der Waals surface area contributed by atoms with Crippen LogP contribution in [0.1, 0.15) is 52.9 Å². The molecular weight excluding hydrogens is 364 g/mol. The lowest BCUT2D eigenvalue weighted by Gasteiger charge is -2.30. The van der Waals surface area contributed by atoms with Crippen LogP contribution in [0.3, 0.4) is 0 Å². The maximum Gasteiger partial charge on any atom is 0.251 e. The number of carbonyl (C=O) groups excluding carboxylic acids is 1. The van der Waals surface area contributed by atoms with Gasteiger partial charge >= 0.3 is 0 Å². The first-order valence-corrected chi connectivity index (χ1v) is 9.97. The van der Waals surface area contributed by atoms with E-state index in [1.54, 1.807) is 24.3 Å². The summed E-state index contributed by atoms with van der Waals surface area (Å²) in [7, 11) is 3.97. The predicted octanol–water partition coefficient (Wildman–Crippen LogP) is 3.18. The van der Waals surface area contributed by atoms with Crippen molar-refractivity contribution in [1.82, 2.24) is 15.3 Å². The molecule has 1 saturated carbocycles. The van der Waals surface area contributed by atoms with Gasteiger partial charge in [0.15, 0.2) is 0 Å². The van der Waals surface area contributed by atoms with Crippen molar-refractivity contribution >= 4 is 17.7 Å². The van der Waals surface area contributed by atoms with E-state index in [2.05, 4.69) is 26.7 Å². The van der Waals surface area contributed by atoms with Gasteiger partial charge in [0.2, 0.25) is 5.95 Å². The molecule has 0 aliphatic heterocycles. The van der Waals surface area contributed by atoms with Crippen LogP contribution < -0.4 is 15.5 Å². The Morgan fingerprint density at radius 1 is 1.14 bits per heavy atom. The molecule has 0 spiro atoms. The van der Waals surface area contributed by atoms with Crippen LogP contribution in [0, 0.1) is 25.2 Å². The Bertz CT molecular complexity index is 925. The molecule has 1 fully saturated rings. The molecule has 29 heavy (non-hydrogen) atoms. The maximum absolute atomic E-state index is 12.5. The highest BCUT2D eigenvalue weighted by Crippen LogP contribution is 2.24. The molecule has 7 nitrogen and oxygen atoms in total. The number of benzene rings is 1. The van der Waals surface area contributed by atoms with E-state index in [0.717, 1.165) is 42.8 Å². The fraction of sp³-hybridized carbons (Fsp3) is 0.455. The minimum atomic E-state index is -0.119. The summed E-state index contributed by atoms with van der Waals surface area (Å²) in [6.07, 6.45) is 3.67. The van der Waals surface area contributed by atoms with Crippen molar-refractivity contribution in [3.05, 3.63) is 46.6 Å². The molecular formula is C22H28N6O. The number of hydrogen-bond donors (Lipinski definition) is 2. The zero-order valence-corrected chi connectivity index (χ0v) is 17.5. The van der Waals surface area contributed by atoms with Crippen LogP contribution in [0.5, 0.6) is 0 Å². The lowest BCUT2D eigenvalue weighted by atomic mass is 9.91. The maximum atomic E-state index is 12.5. The van der Waals surface area contributed by atoms with Crippen LogP contribution in [0.15, 0.2) is 24.3 Å². The molecule has 1 aromatic carbocycles. The van der Waals surface area contributed by atoms with E-state index in [-0.39, 0.29) is 11.9 Å². The summed E-state index contributed by atoms with van der Waals surface area (Å²) >= 11 is 0. The van der Waals surface area contributed by atoms with E-state index >= 15 is 0 Å². The van der Waals surface area contributed by atoms with Crippen molar-refractivity contribution in [2.24, 2.45) is 0 Å². The number of nitrogens with zero attached hydrogens (tertiary/aromatic N) is 4. The molecule has 2 N–H and O–H groups in total. The fourth-order valence-electron chi connectivity index (χ4n) is 3.68. The minimum Gasteiger partial charge on any atom is -0.362 e. The third-order valence-electron chi connectivity index (χ3n) is 5.44. The highest BCUT2D eigenvalue weighted by molar-refractivity contribution is 5.94. The predicted molar refractivity (Wildman–Crippen MR) is 114 cm³/mol. The summed E-state index contributed by atoms with van der Waals surface area (Å²) in [6, 6.07) is 9.31. The lowest BCUT2D eigenvalue weighted by molar-refractivity contribution is 0.0926. The van der Waals surface area contributed by atoms with Crippen LogP contribution in [0.4, 0.5) is 11.8 Å². The second-order valence-corrected chi connectivity index (χ2v) is 7.83. The third-order valence-corrected chi connectivity index (χ3v) is 5.44. The van der Waals surface area contributed by atoms with Gasteiger partial charge in [-0.1, -0.05) is 6.07 Å². The number of amides is 1. The average Bonchev–Trinajstić information content (AvgIpc) is 2.71. The Hall–Kier alpha value is -3.14. The van der Waals surface area contributed by atoms with Gasteiger partial charge in [-0.05, 0) is 57.7 Å².